The molecule has 0 aliphatic rings. The minimum absolute atomic E-state index is 0.299. The molecule has 2 N–H and O–H groups in total. The SMILES string of the molecule is CSCCC(NC(=O)c1ccccc1Cl)C(=O)Nc1cccc(C)n1. The van der Waals surface area contributed by atoms with Crippen LogP contribution in [-0.2, 0) is 4.79 Å². The highest BCUT2D eigenvalue weighted by atomic mass is 35.5. The summed E-state index contributed by atoms with van der Waals surface area (Å²) in [6.45, 7) is 1.85. The first kappa shape index (κ1) is 19.3. The summed E-state index contributed by atoms with van der Waals surface area (Å²) in [6.07, 6.45) is 2.46. The topological polar surface area (TPSA) is 71.1 Å². The summed E-state index contributed by atoms with van der Waals surface area (Å²) in [5.74, 6) is 0.532. The Bertz CT molecular complexity index is 755. The zero-order valence-corrected chi connectivity index (χ0v) is 15.7. The number of carbonyl (C=O) groups is 2. The van der Waals surface area contributed by atoms with Gasteiger partial charge in [-0.05, 0) is 49.6 Å². The Balaban J connectivity index is 2.10. The fourth-order valence-electron chi connectivity index (χ4n) is 2.21. The third kappa shape index (κ3) is 5.76. The maximum absolute atomic E-state index is 12.6. The largest absolute Gasteiger partial charge is 0.340 e. The van der Waals surface area contributed by atoms with Gasteiger partial charge >= 0.3 is 0 Å². The fraction of sp³-hybridized carbons (Fsp3) is 0.278. The van der Waals surface area contributed by atoms with Gasteiger partial charge in [-0.1, -0.05) is 29.8 Å². The van der Waals surface area contributed by atoms with Crippen LogP contribution < -0.4 is 10.6 Å². The maximum atomic E-state index is 12.6. The minimum atomic E-state index is -0.668. The Hall–Kier alpha value is -2.05. The van der Waals surface area contributed by atoms with Crippen molar-refractivity contribution in [1.29, 1.82) is 0 Å². The average Bonchev–Trinajstić information content (AvgIpc) is 2.58. The predicted molar refractivity (Wildman–Crippen MR) is 103 cm³/mol. The number of thioether (sulfide) groups is 1. The summed E-state index contributed by atoms with van der Waals surface area (Å²) in [7, 11) is 0. The summed E-state index contributed by atoms with van der Waals surface area (Å²) in [5.41, 5.74) is 1.15. The summed E-state index contributed by atoms with van der Waals surface area (Å²) in [6, 6.07) is 11.5. The standard InChI is InChI=1S/C18H20ClN3O2S/c1-12-6-5-9-16(20-12)22-18(24)15(10-11-25-2)21-17(23)13-7-3-4-8-14(13)19/h3-9,15H,10-11H2,1-2H3,(H,21,23)(H,20,22,24). The molecular formula is C18H20ClN3O2S. The summed E-state index contributed by atoms with van der Waals surface area (Å²) in [5, 5.41) is 5.87. The molecule has 0 bridgehead atoms. The predicted octanol–water partition coefficient (Wildman–Crippen LogP) is 3.53. The van der Waals surface area contributed by atoms with Gasteiger partial charge in [-0.2, -0.15) is 11.8 Å². The van der Waals surface area contributed by atoms with Gasteiger partial charge in [-0.25, -0.2) is 4.98 Å². The number of pyridine rings is 1. The molecule has 0 aliphatic carbocycles. The van der Waals surface area contributed by atoms with Gasteiger partial charge < -0.3 is 10.6 Å². The van der Waals surface area contributed by atoms with Crippen molar-refractivity contribution in [3.63, 3.8) is 0 Å². The van der Waals surface area contributed by atoms with Crippen molar-refractivity contribution in [2.45, 2.75) is 19.4 Å². The van der Waals surface area contributed by atoms with Crippen LogP contribution in [0.3, 0.4) is 0 Å². The van der Waals surface area contributed by atoms with Gasteiger partial charge in [-0.3, -0.25) is 9.59 Å². The van der Waals surface area contributed by atoms with Gasteiger partial charge in [-0.15, -0.1) is 0 Å². The molecule has 2 rings (SSSR count). The highest BCUT2D eigenvalue weighted by Gasteiger charge is 2.22. The third-order valence-corrected chi connectivity index (χ3v) is 4.46. The average molecular weight is 378 g/mol. The van der Waals surface area contributed by atoms with Crippen molar-refractivity contribution in [3.8, 4) is 0 Å². The van der Waals surface area contributed by atoms with Crippen LogP contribution in [0.5, 0.6) is 0 Å². The summed E-state index contributed by atoms with van der Waals surface area (Å²) < 4.78 is 0. The molecule has 0 saturated heterocycles. The second kappa shape index (κ2) is 9.44. The van der Waals surface area contributed by atoms with E-state index in [1.807, 2.05) is 25.3 Å². The molecule has 0 saturated carbocycles. The summed E-state index contributed by atoms with van der Waals surface area (Å²) >= 11 is 7.67. The number of hydrogen-bond donors (Lipinski definition) is 2. The lowest BCUT2D eigenvalue weighted by molar-refractivity contribution is -0.118. The Morgan fingerprint density at radius 3 is 2.64 bits per heavy atom. The molecule has 0 fully saturated rings. The highest BCUT2D eigenvalue weighted by molar-refractivity contribution is 7.98. The lowest BCUT2D eigenvalue weighted by Gasteiger charge is -2.18. The van der Waals surface area contributed by atoms with E-state index < -0.39 is 6.04 Å². The van der Waals surface area contributed by atoms with Crippen molar-refractivity contribution in [1.82, 2.24) is 10.3 Å². The minimum Gasteiger partial charge on any atom is -0.340 e. The smallest absolute Gasteiger partial charge is 0.253 e. The Morgan fingerprint density at radius 1 is 1.20 bits per heavy atom. The van der Waals surface area contributed by atoms with Crippen LogP contribution in [0.25, 0.3) is 0 Å². The number of aryl methyl sites for hydroxylation is 1. The van der Waals surface area contributed by atoms with Crippen LogP contribution >= 0.6 is 23.4 Å². The molecular weight excluding hydrogens is 358 g/mol. The van der Waals surface area contributed by atoms with Gasteiger partial charge in [0.1, 0.15) is 11.9 Å². The molecule has 1 aromatic carbocycles. The van der Waals surface area contributed by atoms with Crippen molar-refractivity contribution < 1.29 is 9.59 Å². The lowest BCUT2D eigenvalue weighted by atomic mass is 10.1. The zero-order chi connectivity index (χ0) is 18.2. The van der Waals surface area contributed by atoms with E-state index in [9.17, 15) is 9.59 Å². The number of aromatic nitrogens is 1. The number of rotatable bonds is 7. The molecule has 1 atom stereocenters. The van der Waals surface area contributed by atoms with E-state index in [0.717, 1.165) is 11.4 Å². The van der Waals surface area contributed by atoms with E-state index in [2.05, 4.69) is 15.6 Å². The molecule has 0 spiro atoms. The van der Waals surface area contributed by atoms with Crippen molar-refractivity contribution in [2.24, 2.45) is 0 Å². The number of halogens is 1. The zero-order valence-electron chi connectivity index (χ0n) is 14.1. The fourth-order valence-corrected chi connectivity index (χ4v) is 2.90. The van der Waals surface area contributed by atoms with Gasteiger partial charge in [0.25, 0.3) is 5.91 Å². The molecule has 1 unspecified atom stereocenters. The molecule has 2 aromatic rings. The van der Waals surface area contributed by atoms with Crippen molar-refractivity contribution >= 4 is 41.0 Å². The molecule has 7 heteroatoms. The highest BCUT2D eigenvalue weighted by Crippen LogP contribution is 2.15. The van der Waals surface area contributed by atoms with Gasteiger partial charge in [0.2, 0.25) is 5.91 Å². The maximum Gasteiger partial charge on any atom is 0.253 e. The van der Waals surface area contributed by atoms with Gasteiger partial charge in [0.05, 0.1) is 10.6 Å². The van der Waals surface area contributed by atoms with E-state index in [-0.39, 0.29) is 11.8 Å². The molecule has 1 aromatic heterocycles. The van der Waals surface area contributed by atoms with E-state index >= 15 is 0 Å². The Kier molecular flexibility index (Phi) is 7.28. The second-order valence-electron chi connectivity index (χ2n) is 5.44. The van der Waals surface area contributed by atoms with E-state index in [0.29, 0.717) is 22.8 Å². The van der Waals surface area contributed by atoms with Crippen LogP contribution in [0.2, 0.25) is 5.02 Å². The van der Waals surface area contributed by atoms with E-state index in [1.165, 1.54) is 0 Å². The number of amides is 2. The molecule has 0 aliphatic heterocycles. The van der Waals surface area contributed by atoms with Crippen LogP contribution in [0.1, 0.15) is 22.5 Å². The normalized spacial score (nSPS) is 11.6. The second-order valence-corrected chi connectivity index (χ2v) is 6.83. The van der Waals surface area contributed by atoms with E-state index in [1.54, 1.807) is 42.1 Å². The van der Waals surface area contributed by atoms with Crippen LogP contribution in [0, 0.1) is 6.92 Å². The molecule has 0 radical (unpaired) electrons. The number of hydrogen-bond acceptors (Lipinski definition) is 4. The molecule has 25 heavy (non-hydrogen) atoms. The quantitative estimate of drug-likeness (QED) is 0.774. The van der Waals surface area contributed by atoms with Crippen molar-refractivity contribution in [3.05, 3.63) is 58.7 Å². The first-order chi connectivity index (χ1) is 12.0. The number of nitrogens with one attached hydrogen (secondary N) is 2. The molecule has 5 nitrogen and oxygen atoms in total. The van der Waals surface area contributed by atoms with Crippen LogP contribution in [-0.4, -0.2) is 34.8 Å². The number of carbonyl (C=O) groups excluding carboxylic acids is 2. The first-order valence-corrected chi connectivity index (χ1v) is 9.57. The van der Waals surface area contributed by atoms with Crippen LogP contribution in [0.15, 0.2) is 42.5 Å². The number of nitrogens with zero attached hydrogens (tertiary/aromatic N) is 1. The molecule has 1 heterocycles. The third-order valence-electron chi connectivity index (χ3n) is 3.49. The number of benzene rings is 1. The van der Waals surface area contributed by atoms with Crippen LogP contribution in [0.4, 0.5) is 5.82 Å². The van der Waals surface area contributed by atoms with Gasteiger partial charge in [0.15, 0.2) is 0 Å². The lowest BCUT2D eigenvalue weighted by Crippen LogP contribution is -2.44. The molecule has 132 valence electrons. The van der Waals surface area contributed by atoms with E-state index in [4.69, 9.17) is 11.6 Å². The Morgan fingerprint density at radius 2 is 1.96 bits per heavy atom. The monoisotopic (exact) mass is 377 g/mol. The molecule has 2 amide bonds. The first-order valence-electron chi connectivity index (χ1n) is 7.80. The van der Waals surface area contributed by atoms with Gasteiger partial charge in [0, 0.05) is 5.69 Å². The summed E-state index contributed by atoms with van der Waals surface area (Å²) in [4.78, 5) is 29.3. The van der Waals surface area contributed by atoms with Crippen molar-refractivity contribution in [2.75, 3.05) is 17.3 Å². The number of anilines is 1. The Labute approximate surface area is 156 Å².